The maximum Gasteiger partial charge on any atom is 0.334 e. The molecule has 31 heavy (non-hydrogen) atoms. The molecule has 0 spiro atoms. The summed E-state index contributed by atoms with van der Waals surface area (Å²) in [5.74, 6) is -0.0127. The molecule has 0 aliphatic carbocycles. The highest BCUT2D eigenvalue weighted by Crippen LogP contribution is 2.32. The molecule has 0 aliphatic heterocycles. The first-order chi connectivity index (χ1) is 14.4. The number of hydrazine groups is 1. The van der Waals surface area contributed by atoms with E-state index in [1.54, 1.807) is 0 Å². The number of sulfonamides is 1. The molecule has 0 bridgehead atoms. The number of carbonyl (C=O) groups excluding carboxylic acids is 2. The summed E-state index contributed by atoms with van der Waals surface area (Å²) < 4.78 is 25.1. The Morgan fingerprint density at radius 3 is 2.00 bits per heavy atom. The second-order valence-corrected chi connectivity index (χ2v) is 9.72. The van der Waals surface area contributed by atoms with Crippen molar-refractivity contribution in [2.75, 3.05) is 10.6 Å². The number of rotatable bonds is 7. The Kier molecular flexibility index (Phi) is 8.05. The largest absolute Gasteiger partial charge is 0.334 e. The van der Waals surface area contributed by atoms with Gasteiger partial charge < -0.3 is 10.6 Å². The van der Waals surface area contributed by atoms with Crippen LogP contribution >= 0.6 is 11.6 Å². The molecule has 4 N–H and O–H groups in total. The summed E-state index contributed by atoms with van der Waals surface area (Å²) in [6.45, 7) is 9.37. The number of halogens is 1. The van der Waals surface area contributed by atoms with E-state index in [-0.39, 0.29) is 33.3 Å². The zero-order valence-corrected chi connectivity index (χ0v) is 19.6. The number of carbonyl (C=O) groups is 2. The number of nitrogens with one attached hydrogen (secondary N) is 4. The molecule has 0 aromatic heterocycles. The van der Waals surface area contributed by atoms with Crippen LogP contribution in [-0.2, 0) is 14.8 Å². The summed E-state index contributed by atoms with van der Waals surface area (Å²) in [6, 6.07) is 8.88. The summed E-state index contributed by atoms with van der Waals surface area (Å²) in [5, 5.41) is 5.30. The van der Waals surface area contributed by atoms with Crippen molar-refractivity contribution >= 4 is 44.9 Å². The van der Waals surface area contributed by atoms with E-state index in [1.807, 2.05) is 50.7 Å². The second-order valence-electron chi connectivity index (χ2n) is 7.63. The van der Waals surface area contributed by atoms with Gasteiger partial charge in [-0.1, -0.05) is 57.5 Å². The van der Waals surface area contributed by atoms with E-state index in [1.165, 1.54) is 25.1 Å². The van der Waals surface area contributed by atoms with E-state index < -0.39 is 16.1 Å². The van der Waals surface area contributed by atoms with Crippen molar-refractivity contribution in [3.63, 3.8) is 0 Å². The normalized spacial score (nSPS) is 11.5. The van der Waals surface area contributed by atoms with Gasteiger partial charge in [-0.25, -0.2) is 13.2 Å². The van der Waals surface area contributed by atoms with Gasteiger partial charge in [-0.15, -0.1) is 4.83 Å². The number of para-hydroxylation sites is 1. The van der Waals surface area contributed by atoms with Crippen molar-refractivity contribution in [1.82, 2.24) is 10.3 Å². The fraction of sp³-hybridized carbons (Fsp3) is 0.333. The van der Waals surface area contributed by atoms with Crippen molar-refractivity contribution in [3.05, 3.63) is 52.5 Å². The molecule has 0 unspecified atom stereocenters. The number of hydrogen-bond donors (Lipinski definition) is 4. The number of anilines is 2. The fourth-order valence-electron chi connectivity index (χ4n) is 2.97. The van der Waals surface area contributed by atoms with Crippen LogP contribution in [-0.4, -0.2) is 20.4 Å². The van der Waals surface area contributed by atoms with Crippen LogP contribution in [0.15, 0.2) is 41.3 Å². The maximum atomic E-state index is 12.5. The van der Waals surface area contributed by atoms with Crippen molar-refractivity contribution in [3.8, 4) is 0 Å². The molecule has 168 valence electrons. The Bertz CT molecular complexity index is 1060. The molecule has 0 aliphatic rings. The van der Waals surface area contributed by atoms with Crippen LogP contribution in [0.5, 0.6) is 0 Å². The molecule has 0 radical (unpaired) electrons. The van der Waals surface area contributed by atoms with Crippen molar-refractivity contribution in [2.45, 2.75) is 51.3 Å². The Labute approximate surface area is 187 Å². The lowest BCUT2D eigenvalue weighted by Gasteiger charge is -2.20. The van der Waals surface area contributed by atoms with Crippen molar-refractivity contribution < 1.29 is 18.0 Å². The monoisotopic (exact) mass is 466 g/mol. The SMILES string of the molecule is CC(=O)Nc1ccc(S(=O)(=O)NNC(=O)Nc2c(C(C)C)cccc2C(C)C)cc1Cl. The molecule has 0 saturated carbocycles. The summed E-state index contributed by atoms with van der Waals surface area (Å²) in [6.07, 6.45) is 0. The zero-order valence-electron chi connectivity index (χ0n) is 18.0. The lowest BCUT2D eigenvalue weighted by molar-refractivity contribution is -0.114. The second kappa shape index (κ2) is 10.1. The predicted octanol–water partition coefficient (Wildman–Crippen LogP) is 4.56. The third-order valence-electron chi connectivity index (χ3n) is 4.47. The smallest absolute Gasteiger partial charge is 0.325 e. The minimum Gasteiger partial charge on any atom is -0.325 e. The van der Waals surface area contributed by atoms with Crippen molar-refractivity contribution in [2.24, 2.45) is 0 Å². The molecule has 2 rings (SSSR count). The Morgan fingerprint density at radius 1 is 0.935 bits per heavy atom. The van der Waals surface area contributed by atoms with Gasteiger partial charge in [0.1, 0.15) is 0 Å². The quantitative estimate of drug-likeness (QED) is 0.447. The lowest BCUT2D eigenvalue weighted by atomic mass is 9.93. The van der Waals surface area contributed by atoms with Crippen LogP contribution < -0.4 is 20.9 Å². The first kappa shape index (κ1) is 24.6. The van der Waals surface area contributed by atoms with Crippen molar-refractivity contribution in [1.29, 1.82) is 0 Å². The van der Waals surface area contributed by atoms with Crippen LogP contribution in [0.3, 0.4) is 0 Å². The number of urea groups is 1. The Hall–Kier alpha value is -2.62. The van der Waals surface area contributed by atoms with Gasteiger partial charge in [0.2, 0.25) is 5.91 Å². The predicted molar refractivity (Wildman–Crippen MR) is 123 cm³/mol. The number of hydrogen-bond acceptors (Lipinski definition) is 4. The standard InChI is InChI=1S/C21H27ClN4O4S/c1-12(2)16-7-6-8-17(13(3)4)20(16)24-21(28)25-26-31(29,30)15-9-10-19(18(22)11-15)23-14(5)27/h6-13,26H,1-5H3,(H,23,27)(H2,24,25,28). The molecule has 2 aromatic rings. The van der Waals surface area contributed by atoms with Crippen LogP contribution in [0, 0.1) is 0 Å². The highest BCUT2D eigenvalue weighted by atomic mass is 35.5. The van der Waals surface area contributed by atoms with Gasteiger partial charge in [0.15, 0.2) is 0 Å². The zero-order chi connectivity index (χ0) is 23.3. The third-order valence-corrected chi connectivity index (χ3v) is 6.03. The molecule has 0 heterocycles. The van der Waals surface area contributed by atoms with Gasteiger partial charge >= 0.3 is 6.03 Å². The molecule has 10 heteroatoms. The van der Waals surface area contributed by atoms with E-state index in [2.05, 4.69) is 16.1 Å². The lowest BCUT2D eigenvalue weighted by Crippen LogP contribution is -2.44. The van der Waals surface area contributed by atoms with Gasteiger partial charge in [-0.05, 0) is 41.2 Å². The van der Waals surface area contributed by atoms with E-state index in [4.69, 9.17) is 11.6 Å². The van der Waals surface area contributed by atoms with Crippen LogP contribution in [0.2, 0.25) is 5.02 Å². The first-order valence-electron chi connectivity index (χ1n) is 9.71. The topological polar surface area (TPSA) is 116 Å². The molecule has 0 fully saturated rings. The number of benzene rings is 2. The average molecular weight is 467 g/mol. The fourth-order valence-corrected chi connectivity index (χ4v) is 4.12. The molecule has 0 atom stereocenters. The van der Waals surface area contributed by atoms with Gasteiger partial charge in [0, 0.05) is 12.6 Å². The summed E-state index contributed by atoms with van der Waals surface area (Å²) >= 11 is 6.04. The van der Waals surface area contributed by atoms with Gasteiger partial charge in [0.05, 0.1) is 15.6 Å². The average Bonchev–Trinajstić information content (AvgIpc) is 2.67. The van der Waals surface area contributed by atoms with Gasteiger partial charge in [0.25, 0.3) is 10.0 Å². The van der Waals surface area contributed by atoms with Gasteiger partial charge in [-0.2, -0.15) is 0 Å². The highest BCUT2D eigenvalue weighted by Gasteiger charge is 2.19. The Morgan fingerprint density at radius 2 is 1.52 bits per heavy atom. The molecule has 3 amide bonds. The summed E-state index contributed by atoms with van der Waals surface area (Å²) in [5.41, 5.74) is 5.01. The summed E-state index contributed by atoms with van der Waals surface area (Å²) in [4.78, 5) is 25.5. The number of amides is 3. The van der Waals surface area contributed by atoms with Gasteiger partial charge in [-0.3, -0.25) is 10.2 Å². The van der Waals surface area contributed by atoms with Crippen LogP contribution in [0.1, 0.15) is 57.6 Å². The van der Waals surface area contributed by atoms with E-state index >= 15 is 0 Å². The molecular weight excluding hydrogens is 440 g/mol. The minimum atomic E-state index is -4.09. The molecular formula is C21H27ClN4O4S. The Balaban J connectivity index is 2.16. The first-order valence-corrected chi connectivity index (χ1v) is 11.6. The summed E-state index contributed by atoms with van der Waals surface area (Å²) in [7, 11) is -4.09. The van der Waals surface area contributed by atoms with Crippen LogP contribution in [0.25, 0.3) is 0 Å². The minimum absolute atomic E-state index is 0.0509. The molecule has 2 aromatic carbocycles. The third kappa shape index (κ3) is 6.43. The maximum absolute atomic E-state index is 12.5. The van der Waals surface area contributed by atoms with E-state index in [0.29, 0.717) is 5.69 Å². The molecule has 8 nitrogen and oxygen atoms in total. The molecule has 0 saturated heterocycles. The highest BCUT2D eigenvalue weighted by molar-refractivity contribution is 7.89. The van der Waals surface area contributed by atoms with E-state index in [0.717, 1.165) is 11.1 Å². The van der Waals surface area contributed by atoms with Crippen LogP contribution in [0.4, 0.5) is 16.2 Å². The van der Waals surface area contributed by atoms with E-state index in [9.17, 15) is 18.0 Å².